The maximum Gasteiger partial charge on any atom is 0.192 e. The van der Waals surface area contributed by atoms with Crippen molar-refractivity contribution < 1.29 is 47.9 Å². The Kier molecular flexibility index (Phi) is 12.0. The Labute approximate surface area is 295 Å². The smallest absolute Gasteiger partial charge is 0.192 e. The summed E-state index contributed by atoms with van der Waals surface area (Å²) in [5, 5.41) is 24.4. The Morgan fingerprint density at radius 3 is 2.20 bits per heavy atom. The molecule has 1 heterocycles. The first kappa shape index (κ1) is 40.4. The number of Topliss-reactive ketones (excluding diaryl/α,β-unsaturated/α-hetero) is 1. The molecule has 1 saturated heterocycles. The van der Waals surface area contributed by atoms with Crippen molar-refractivity contribution in [3.8, 4) is 5.75 Å². The van der Waals surface area contributed by atoms with Crippen molar-refractivity contribution in [3.63, 3.8) is 0 Å². The molecule has 2 saturated carbocycles. The van der Waals surface area contributed by atoms with Crippen molar-refractivity contribution in [2.75, 3.05) is 27.6 Å². The molecule has 0 spiro atoms. The summed E-state index contributed by atoms with van der Waals surface area (Å²) in [6.07, 6.45) is -2.02. The average molecular weight is 709 g/mol. The van der Waals surface area contributed by atoms with Crippen LogP contribution >= 0.6 is 0 Å². The van der Waals surface area contributed by atoms with Gasteiger partial charge in [-0.15, -0.1) is 0 Å². The normalized spacial score (nSPS) is 34.6. The van der Waals surface area contributed by atoms with Crippen LogP contribution in [0.5, 0.6) is 5.75 Å². The molecule has 2 aliphatic carbocycles. The van der Waals surface area contributed by atoms with Gasteiger partial charge in [0.2, 0.25) is 0 Å². The molecule has 1 aromatic carbocycles. The zero-order chi connectivity index (χ0) is 36.8. The highest BCUT2D eigenvalue weighted by molar-refractivity contribution is 6.74. The van der Waals surface area contributed by atoms with Gasteiger partial charge in [0.25, 0.3) is 0 Å². The zero-order valence-electron chi connectivity index (χ0n) is 32.3. The molecule has 1 aromatic rings. The quantitative estimate of drug-likeness (QED) is 0.190. The minimum Gasteiger partial charge on any atom is -0.497 e. The van der Waals surface area contributed by atoms with Crippen molar-refractivity contribution in [3.05, 3.63) is 29.8 Å². The number of carbonyl (C=O) groups is 1. The number of fused-ring (bicyclic) bond motifs is 2. The van der Waals surface area contributed by atoms with Gasteiger partial charge in [0.1, 0.15) is 30.4 Å². The van der Waals surface area contributed by atoms with Gasteiger partial charge in [-0.25, -0.2) is 0 Å². The van der Waals surface area contributed by atoms with Gasteiger partial charge in [-0.3, -0.25) is 4.79 Å². The molecule has 4 rings (SSSR count). The van der Waals surface area contributed by atoms with E-state index in [0.29, 0.717) is 12.8 Å². The number of aliphatic hydroxyl groups excluding tert-OH is 1. The van der Waals surface area contributed by atoms with E-state index >= 15 is 0 Å². The van der Waals surface area contributed by atoms with Crippen LogP contribution in [0.15, 0.2) is 24.3 Å². The molecule has 2 N–H and O–H groups in total. The van der Waals surface area contributed by atoms with Crippen LogP contribution in [-0.4, -0.2) is 93.3 Å². The third-order valence-corrected chi connectivity index (χ3v) is 16.9. The largest absolute Gasteiger partial charge is 0.497 e. The molecule has 3 aliphatic rings. The Hall–Kier alpha value is -1.41. The molecular weight excluding hydrogens is 644 g/mol. The second-order valence-corrected chi connectivity index (χ2v) is 22.0. The standard InChI is InChI=1S/C38H64O10Si/c1-24-29(37(22-46-36(8,9)48-37)33(25(2)39)44-21-26-14-16-27(43-11)17-15-26)20-30(47-49(12,13)34(3,4)5)38(41)19-18-28(35(38,6)7)32(31(24)40)45-23-42-10/h14-17,24-25,28-30,32-33,39,41H,18-23H2,1-13H3/t24-,25+,28-,29+,30+,32-,33-,37-,38+/m1/s1. The van der Waals surface area contributed by atoms with E-state index in [2.05, 4.69) is 33.9 Å². The fourth-order valence-corrected chi connectivity index (χ4v) is 9.70. The van der Waals surface area contributed by atoms with Gasteiger partial charge >= 0.3 is 0 Å². The van der Waals surface area contributed by atoms with Crippen molar-refractivity contribution in [1.29, 1.82) is 0 Å². The lowest BCUT2D eigenvalue weighted by atomic mass is 9.66. The Morgan fingerprint density at radius 1 is 1.06 bits per heavy atom. The van der Waals surface area contributed by atoms with E-state index in [1.807, 2.05) is 58.9 Å². The van der Waals surface area contributed by atoms with Crippen LogP contribution in [0.1, 0.15) is 87.1 Å². The van der Waals surface area contributed by atoms with Gasteiger partial charge in [-0.2, -0.15) is 0 Å². The average Bonchev–Trinajstić information content (AvgIpc) is 3.46. The van der Waals surface area contributed by atoms with Gasteiger partial charge in [-0.1, -0.05) is 53.7 Å². The second-order valence-electron chi connectivity index (χ2n) is 17.3. The maximum atomic E-state index is 14.9. The highest BCUT2D eigenvalue weighted by Gasteiger charge is 2.67. The van der Waals surface area contributed by atoms with Crippen LogP contribution in [0.4, 0.5) is 0 Å². The Bertz CT molecular complexity index is 1270. The van der Waals surface area contributed by atoms with Crippen molar-refractivity contribution >= 4 is 14.1 Å². The molecule has 2 bridgehead atoms. The first-order chi connectivity index (χ1) is 22.6. The third kappa shape index (κ3) is 7.71. The van der Waals surface area contributed by atoms with Crippen LogP contribution in [0.25, 0.3) is 0 Å². The van der Waals surface area contributed by atoms with E-state index in [1.54, 1.807) is 21.1 Å². The summed E-state index contributed by atoms with van der Waals surface area (Å²) in [6, 6.07) is 7.57. The number of hydrogen-bond acceptors (Lipinski definition) is 10. The Balaban J connectivity index is 1.90. The topological polar surface area (TPSA) is 122 Å². The number of ether oxygens (including phenoxy) is 6. The van der Waals surface area contributed by atoms with Gasteiger partial charge < -0.3 is 43.1 Å². The number of rotatable bonds is 12. The molecular formula is C38H64O10Si. The number of aliphatic hydroxyl groups is 2. The van der Waals surface area contributed by atoms with E-state index < -0.39 is 67.0 Å². The fraction of sp³-hybridized carbons (Fsp3) is 0.816. The van der Waals surface area contributed by atoms with Crippen LogP contribution < -0.4 is 4.74 Å². The first-order valence-corrected chi connectivity index (χ1v) is 20.8. The second kappa shape index (κ2) is 14.5. The minimum atomic E-state index is -2.47. The summed E-state index contributed by atoms with van der Waals surface area (Å²) in [6.45, 7) is 22.5. The van der Waals surface area contributed by atoms with Gasteiger partial charge in [-0.05, 0) is 75.9 Å². The SMILES string of the molecule is COCO[C@H]1C(=O)[C@H](C)[C@@H]([C@@]2([C@H](OCc3ccc(OC)cc3)[C@H](C)O)COC(C)(C)O2)C[C@H](O[Si](C)(C)C(C)(C)C)[C@@]2(O)CC[C@H]1C2(C)C. The molecule has 3 fully saturated rings. The predicted octanol–water partition coefficient (Wildman–Crippen LogP) is 6.25. The predicted molar refractivity (Wildman–Crippen MR) is 190 cm³/mol. The molecule has 49 heavy (non-hydrogen) atoms. The van der Waals surface area contributed by atoms with Crippen molar-refractivity contribution in [2.24, 2.45) is 23.2 Å². The van der Waals surface area contributed by atoms with Crippen molar-refractivity contribution in [2.45, 2.75) is 148 Å². The molecule has 11 heteroatoms. The van der Waals surface area contributed by atoms with Crippen LogP contribution in [-0.2, 0) is 39.5 Å². The third-order valence-electron chi connectivity index (χ3n) is 12.4. The molecule has 9 atom stereocenters. The van der Waals surface area contributed by atoms with E-state index in [-0.39, 0.29) is 43.2 Å². The molecule has 0 aromatic heterocycles. The summed E-state index contributed by atoms with van der Waals surface area (Å²) in [5.74, 6) is -1.92. The minimum absolute atomic E-state index is 0.0538. The Morgan fingerprint density at radius 2 is 1.69 bits per heavy atom. The fourth-order valence-electron chi connectivity index (χ4n) is 8.34. The molecule has 1 aliphatic heterocycles. The van der Waals surface area contributed by atoms with E-state index in [9.17, 15) is 15.0 Å². The number of hydrogen-bond donors (Lipinski definition) is 2. The number of methoxy groups -OCH3 is 2. The lowest BCUT2D eigenvalue weighted by Gasteiger charge is -2.52. The lowest BCUT2D eigenvalue weighted by molar-refractivity contribution is -0.238. The van der Waals surface area contributed by atoms with Gasteiger partial charge in [0, 0.05) is 30.3 Å². The van der Waals surface area contributed by atoms with Crippen LogP contribution in [0, 0.1) is 23.2 Å². The van der Waals surface area contributed by atoms with Crippen LogP contribution in [0.3, 0.4) is 0 Å². The van der Waals surface area contributed by atoms with E-state index in [4.69, 9.17) is 32.8 Å². The molecule has 0 amide bonds. The van der Waals surface area contributed by atoms with Crippen LogP contribution in [0.2, 0.25) is 18.1 Å². The molecule has 0 radical (unpaired) electrons. The van der Waals surface area contributed by atoms with Gasteiger partial charge in [0.05, 0.1) is 38.1 Å². The summed E-state index contributed by atoms with van der Waals surface area (Å²) in [5.41, 5.74) is -2.43. The summed E-state index contributed by atoms with van der Waals surface area (Å²) >= 11 is 0. The van der Waals surface area contributed by atoms with E-state index in [0.717, 1.165) is 11.3 Å². The highest BCUT2D eigenvalue weighted by atomic mass is 28.4. The highest BCUT2D eigenvalue weighted by Crippen LogP contribution is 2.59. The lowest BCUT2D eigenvalue weighted by Crippen LogP contribution is -2.62. The molecule has 10 nitrogen and oxygen atoms in total. The van der Waals surface area contributed by atoms with Crippen molar-refractivity contribution in [1.82, 2.24) is 0 Å². The summed E-state index contributed by atoms with van der Waals surface area (Å²) in [4.78, 5) is 14.9. The van der Waals surface area contributed by atoms with Gasteiger partial charge in [0.15, 0.2) is 19.9 Å². The van der Waals surface area contributed by atoms with E-state index in [1.165, 1.54) is 0 Å². The molecule has 0 unspecified atom stereocenters. The number of benzene rings is 1. The molecule has 280 valence electrons. The summed E-state index contributed by atoms with van der Waals surface area (Å²) < 4.78 is 44.1. The monoisotopic (exact) mass is 708 g/mol. The number of carbonyl (C=O) groups excluding carboxylic acids is 1. The zero-order valence-corrected chi connectivity index (χ0v) is 33.3. The summed E-state index contributed by atoms with van der Waals surface area (Å²) in [7, 11) is 0.689. The first-order valence-electron chi connectivity index (χ1n) is 17.9. The maximum absolute atomic E-state index is 14.9. The number of ketones is 1.